The summed E-state index contributed by atoms with van der Waals surface area (Å²) < 4.78 is 5.36. The number of thiol groups is 1. The van der Waals surface area contributed by atoms with Crippen LogP contribution in [0.1, 0.15) is 90.3 Å². The summed E-state index contributed by atoms with van der Waals surface area (Å²) in [6.07, 6.45) is 10.8. The van der Waals surface area contributed by atoms with Crippen LogP contribution in [0.15, 0.2) is 24.3 Å². The summed E-state index contributed by atoms with van der Waals surface area (Å²) in [6.45, 7) is 9.08. The molecule has 0 aliphatic heterocycles. The predicted octanol–water partition coefficient (Wildman–Crippen LogP) is 4.61. The van der Waals surface area contributed by atoms with Crippen molar-refractivity contribution in [2.75, 3.05) is 5.75 Å². The second kappa shape index (κ2) is 13.6. The molecule has 0 bridgehead atoms. The quantitative estimate of drug-likeness (QED) is 0.331. The molecule has 0 saturated heterocycles. The Bertz CT molecular complexity index is 947. The number of rotatable bonds is 9. The molecule has 3 unspecified atom stereocenters. The van der Waals surface area contributed by atoms with Gasteiger partial charge in [-0.15, -0.1) is 6.42 Å². The van der Waals surface area contributed by atoms with Crippen LogP contribution in [0.25, 0.3) is 0 Å². The highest BCUT2D eigenvalue weighted by Gasteiger charge is 2.39. The van der Waals surface area contributed by atoms with Crippen LogP contribution in [-0.2, 0) is 14.3 Å². The minimum absolute atomic E-state index is 0.0404. The fourth-order valence-electron chi connectivity index (χ4n) is 4.42. The highest BCUT2D eigenvalue weighted by atomic mass is 32.1. The molecule has 0 radical (unpaired) electrons. The number of carbonyl (C=O) groups is 3. The summed E-state index contributed by atoms with van der Waals surface area (Å²) in [7, 11) is 0. The lowest BCUT2D eigenvalue weighted by Crippen LogP contribution is -2.56. The van der Waals surface area contributed by atoms with Gasteiger partial charge >= 0.3 is 6.09 Å². The van der Waals surface area contributed by atoms with E-state index in [-0.39, 0.29) is 23.7 Å². The topological polar surface area (TPSA) is 87.7 Å². The van der Waals surface area contributed by atoms with Crippen LogP contribution >= 0.6 is 12.6 Å². The second-order valence-electron chi connectivity index (χ2n) is 10.4. The first-order chi connectivity index (χ1) is 17.0. The molecule has 3 amide bonds. The van der Waals surface area contributed by atoms with Gasteiger partial charge in [-0.2, -0.15) is 12.6 Å². The number of alkyl carbamates (subject to hydrolysis) is 1. The van der Waals surface area contributed by atoms with Crippen molar-refractivity contribution in [1.82, 2.24) is 15.5 Å². The summed E-state index contributed by atoms with van der Waals surface area (Å²) in [5.41, 5.74) is 0.404. The van der Waals surface area contributed by atoms with E-state index < -0.39 is 29.7 Å². The van der Waals surface area contributed by atoms with Gasteiger partial charge in [-0.3, -0.25) is 9.59 Å². The average Bonchev–Trinajstić information content (AvgIpc) is 2.84. The van der Waals surface area contributed by atoms with Gasteiger partial charge in [0.2, 0.25) is 11.8 Å². The van der Waals surface area contributed by atoms with Crippen molar-refractivity contribution in [1.29, 1.82) is 0 Å². The van der Waals surface area contributed by atoms with Crippen LogP contribution < -0.4 is 10.6 Å². The van der Waals surface area contributed by atoms with E-state index in [1.54, 1.807) is 37.8 Å². The number of amides is 3. The SMILES string of the molecule is C#Cc1ccccc1C(C(=O)NC1CCCCC1)N(C(=O)C(CS)NC(=O)OC(C)(C)C)C(C)CC. The zero-order valence-electron chi connectivity index (χ0n) is 22.2. The summed E-state index contributed by atoms with van der Waals surface area (Å²) in [4.78, 5) is 41.9. The largest absolute Gasteiger partial charge is 0.444 e. The molecule has 2 rings (SSSR count). The molecule has 1 aliphatic carbocycles. The van der Waals surface area contributed by atoms with E-state index in [2.05, 4.69) is 29.2 Å². The van der Waals surface area contributed by atoms with Crippen LogP contribution in [0.2, 0.25) is 0 Å². The maximum Gasteiger partial charge on any atom is 0.408 e. The predicted molar refractivity (Wildman–Crippen MR) is 146 cm³/mol. The molecule has 7 nitrogen and oxygen atoms in total. The van der Waals surface area contributed by atoms with Crippen molar-refractivity contribution in [2.24, 2.45) is 0 Å². The maximum atomic E-state index is 14.0. The normalized spacial score (nSPS) is 16.7. The molecule has 3 atom stereocenters. The first-order valence-electron chi connectivity index (χ1n) is 12.8. The number of carbonyl (C=O) groups excluding carboxylic acids is 3. The Kier molecular flexibility index (Phi) is 11.2. The van der Waals surface area contributed by atoms with Gasteiger partial charge in [-0.25, -0.2) is 4.79 Å². The number of terminal acetylenes is 1. The van der Waals surface area contributed by atoms with Crippen LogP contribution in [0.4, 0.5) is 4.79 Å². The minimum Gasteiger partial charge on any atom is -0.444 e. The van der Waals surface area contributed by atoms with Gasteiger partial charge in [0.15, 0.2) is 0 Å². The standard InChI is InChI=1S/C28H41N3O4S/c1-7-19(3)31(26(33)23(18-36)30-27(34)35-28(4,5)6)24(22-17-13-12-14-20(22)8-2)25(32)29-21-15-10-9-11-16-21/h2,12-14,17,19,21,23-24,36H,7,9-11,15-16,18H2,1,3-6H3,(H,29,32)(H,30,34). The second-order valence-corrected chi connectivity index (χ2v) is 10.7. The number of benzene rings is 1. The fraction of sp³-hybridized carbons (Fsp3) is 0.607. The molecule has 1 aliphatic rings. The van der Waals surface area contributed by atoms with E-state index in [0.717, 1.165) is 32.1 Å². The molecule has 8 heteroatoms. The van der Waals surface area contributed by atoms with E-state index in [0.29, 0.717) is 17.5 Å². The molecule has 1 aromatic rings. The van der Waals surface area contributed by atoms with Gasteiger partial charge in [0.25, 0.3) is 0 Å². The highest BCUT2D eigenvalue weighted by Crippen LogP contribution is 2.29. The average molecular weight is 516 g/mol. The summed E-state index contributed by atoms with van der Waals surface area (Å²) in [5.74, 6) is 2.02. The van der Waals surface area contributed by atoms with Crippen molar-refractivity contribution in [3.8, 4) is 12.3 Å². The Balaban J connectivity index is 2.49. The zero-order chi connectivity index (χ0) is 26.9. The molecule has 36 heavy (non-hydrogen) atoms. The van der Waals surface area contributed by atoms with Gasteiger partial charge in [0, 0.05) is 23.4 Å². The number of hydrogen-bond donors (Lipinski definition) is 3. The van der Waals surface area contributed by atoms with Crippen LogP contribution in [0.3, 0.4) is 0 Å². The number of hydrogen-bond acceptors (Lipinski definition) is 5. The van der Waals surface area contributed by atoms with Crippen LogP contribution in [0.5, 0.6) is 0 Å². The maximum absolute atomic E-state index is 14.0. The highest BCUT2D eigenvalue weighted by molar-refractivity contribution is 7.80. The van der Waals surface area contributed by atoms with E-state index >= 15 is 0 Å². The van der Waals surface area contributed by atoms with Crippen molar-refractivity contribution in [3.05, 3.63) is 35.4 Å². The first kappa shape index (κ1) is 29.6. The van der Waals surface area contributed by atoms with E-state index in [1.807, 2.05) is 26.0 Å². The van der Waals surface area contributed by atoms with E-state index in [4.69, 9.17) is 11.2 Å². The molecule has 1 fully saturated rings. The third kappa shape index (κ3) is 8.19. The molecular formula is C28H41N3O4S. The van der Waals surface area contributed by atoms with E-state index in [9.17, 15) is 14.4 Å². The van der Waals surface area contributed by atoms with Gasteiger partial charge in [-0.1, -0.05) is 50.3 Å². The monoisotopic (exact) mass is 515 g/mol. The van der Waals surface area contributed by atoms with E-state index in [1.165, 1.54) is 0 Å². The lowest BCUT2D eigenvalue weighted by atomic mass is 9.93. The van der Waals surface area contributed by atoms with Crippen LogP contribution in [0, 0.1) is 12.3 Å². The van der Waals surface area contributed by atoms with Crippen molar-refractivity contribution in [3.63, 3.8) is 0 Å². The minimum atomic E-state index is -0.986. The molecular weight excluding hydrogens is 474 g/mol. The third-order valence-corrected chi connectivity index (χ3v) is 6.75. The number of ether oxygens (including phenoxy) is 1. The van der Waals surface area contributed by atoms with Gasteiger partial charge in [0.05, 0.1) is 0 Å². The Morgan fingerprint density at radius 2 is 1.83 bits per heavy atom. The zero-order valence-corrected chi connectivity index (χ0v) is 23.1. The Labute approximate surface area is 221 Å². The third-order valence-electron chi connectivity index (χ3n) is 6.38. The number of nitrogens with one attached hydrogen (secondary N) is 2. The van der Waals surface area contributed by atoms with Crippen molar-refractivity contribution >= 4 is 30.5 Å². The molecule has 0 aromatic heterocycles. The Morgan fingerprint density at radius 3 is 2.39 bits per heavy atom. The molecule has 198 valence electrons. The van der Waals surface area contributed by atoms with Gasteiger partial charge in [-0.05, 0) is 58.6 Å². The van der Waals surface area contributed by atoms with Crippen molar-refractivity contribution in [2.45, 2.75) is 103 Å². The van der Waals surface area contributed by atoms with Crippen LogP contribution in [-0.4, -0.2) is 52.3 Å². The Hall–Kier alpha value is -2.66. The fourth-order valence-corrected chi connectivity index (χ4v) is 4.67. The summed E-state index contributed by atoms with van der Waals surface area (Å²) >= 11 is 4.33. The van der Waals surface area contributed by atoms with Gasteiger partial charge in [0.1, 0.15) is 17.7 Å². The van der Waals surface area contributed by atoms with Gasteiger partial charge < -0.3 is 20.3 Å². The number of nitrogens with zero attached hydrogens (tertiary/aromatic N) is 1. The smallest absolute Gasteiger partial charge is 0.408 e. The lowest BCUT2D eigenvalue weighted by molar-refractivity contribution is -0.145. The molecule has 2 N–H and O–H groups in total. The first-order valence-corrected chi connectivity index (χ1v) is 13.4. The molecule has 0 spiro atoms. The summed E-state index contributed by atoms with van der Waals surface area (Å²) in [6, 6.07) is 4.99. The lowest BCUT2D eigenvalue weighted by Gasteiger charge is -2.39. The molecule has 1 saturated carbocycles. The molecule has 1 aromatic carbocycles. The summed E-state index contributed by atoms with van der Waals surface area (Å²) in [5, 5.41) is 5.82. The Morgan fingerprint density at radius 1 is 1.19 bits per heavy atom. The van der Waals surface area contributed by atoms with Crippen molar-refractivity contribution < 1.29 is 19.1 Å². The molecule has 0 heterocycles.